The van der Waals surface area contributed by atoms with Crippen LogP contribution in [0.2, 0.25) is 5.15 Å². The monoisotopic (exact) mass is 525 g/mol. The average Bonchev–Trinajstić information content (AvgIpc) is 3.43. The zero-order chi connectivity index (χ0) is 25.5. The van der Waals surface area contributed by atoms with Crippen LogP contribution >= 0.6 is 23.4 Å². The Morgan fingerprint density at radius 1 is 0.946 bits per heavy atom. The van der Waals surface area contributed by atoms with Crippen LogP contribution in [0.1, 0.15) is 22.5 Å². The molecule has 2 aromatic heterocycles. The molecule has 0 saturated carbocycles. The number of halogens is 1. The molecule has 2 amide bonds. The summed E-state index contributed by atoms with van der Waals surface area (Å²) in [7, 11) is 0. The lowest BCUT2D eigenvalue weighted by molar-refractivity contribution is 0.196. The van der Waals surface area contributed by atoms with Crippen LogP contribution in [0.3, 0.4) is 0 Å². The standard InChI is InChI=1S/C30H24ClN3O2S/c1-19-13-14-21-16-22(29(31)32-28(21)20(19)2)17-33(18-23-8-7-15-36-23)30(35)34-24-9-3-5-11-26(24)37-27-12-6-4-10-25(27)34/h3-16H,17-18H2,1-2H3. The summed E-state index contributed by atoms with van der Waals surface area (Å²) in [5.41, 5.74) is 5.65. The van der Waals surface area contributed by atoms with Crippen LogP contribution in [0.5, 0.6) is 0 Å². The highest BCUT2D eigenvalue weighted by Crippen LogP contribution is 2.48. The van der Waals surface area contributed by atoms with Crippen LogP contribution in [0.15, 0.2) is 99.3 Å². The van der Waals surface area contributed by atoms with Gasteiger partial charge in [0.15, 0.2) is 0 Å². The summed E-state index contributed by atoms with van der Waals surface area (Å²) in [4.78, 5) is 24.7. The molecule has 0 N–H and O–H groups in total. The third-order valence-electron chi connectivity index (χ3n) is 6.72. The van der Waals surface area contributed by atoms with Crippen LogP contribution in [0.25, 0.3) is 10.9 Å². The first-order chi connectivity index (χ1) is 18.0. The predicted octanol–water partition coefficient (Wildman–Crippen LogP) is 8.52. The third kappa shape index (κ3) is 4.37. The van der Waals surface area contributed by atoms with Gasteiger partial charge in [0.1, 0.15) is 10.9 Å². The van der Waals surface area contributed by atoms with E-state index in [4.69, 9.17) is 21.0 Å². The maximum atomic E-state index is 14.4. The number of fused-ring (bicyclic) bond motifs is 3. The second kappa shape index (κ2) is 9.61. The fraction of sp³-hybridized carbons (Fsp3) is 0.133. The Bertz CT molecular complexity index is 1590. The first-order valence-corrected chi connectivity index (χ1v) is 13.2. The number of rotatable bonds is 4. The quantitative estimate of drug-likeness (QED) is 0.221. The van der Waals surface area contributed by atoms with Gasteiger partial charge in [0.25, 0.3) is 0 Å². The van der Waals surface area contributed by atoms with Crippen LogP contribution in [-0.4, -0.2) is 15.9 Å². The van der Waals surface area contributed by atoms with E-state index in [-0.39, 0.29) is 12.6 Å². The molecule has 0 bridgehead atoms. The van der Waals surface area contributed by atoms with Crippen molar-refractivity contribution in [2.75, 3.05) is 4.90 Å². The Balaban J connectivity index is 1.43. The molecule has 0 aliphatic carbocycles. The van der Waals surface area contributed by atoms with Crippen LogP contribution in [-0.2, 0) is 13.1 Å². The topological polar surface area (TPSA) is 49.6 Å². The highest BCUT2D eigenvalue weighted by Gasteiger charge is 2.32. The molecule has 3 aromatic carbocycles. The molecular weight excluding hydrogens is 502 g/mol. The molecule has 5 aromatic rings. The number of pyridine rings is 1. The van der Waals surface area contributed by atoms with Crippen molar-refractivity contribution in [3.63, 3.8) is 0 Å². The lowest BCUT2D eigenvalue weighted by Crippen LogP contribution is -2.41. The number of aromatic nitrogens is 1. The molecule has 0 spiro atoms. The van der Waals surface area contributed by atoms with E-state index in [1.165, 1.54) is 5.56 Å². The number of hydrogen-bond donors (Lipinski definition) is 0. The Morgan fingerprint density at radius 2 is 1.65 bits per heavy atom. The van der Waals surface area contributed by atoms with Crippen LogP contribution in [0, 0.1) is 13.8 Å². The molecule has 0 fully saturated rings. The van der Waals surface area contributed by atoms with Gasteiger partial charge in [0.05, 0.1) is 36.2 Å². The molecule has 1 aliphatic heterocycles. The van der Waals surface area contributed by atoms with E-state index in [0.29, 0.717) is 17.5 Å². The summed E-state index contributed by atoms with van der Waals surface area (Å²) in [5.74, 6) is 0.692. The summed E-state index contributed by atoms with van der Waals surface area (Å²) >= 11 is 8.39. The van der Waals surface area contributed by atoms with Crippen molar-refractivity contribution in [3.05, 3.63) is 113 Å². The van der Waals surface area contributed by atoms with Crippen molar-refractivity contribution in [1.82, 2.24) is 9.88 Å². The van der Waals surface area contributed by atoms with E-state index in [9.17, 15) is 4.79 Å². The van der Waals surface area contributed by atoms with Gasteiger partial charge in [0, 0.05) is 20.7 Å². The highest BCUT2D eigenvalue weighted by atomic mass is 35.5. The average molecular weight is 526 g/mol. The van der Waals surface area contributed by atoms with E-state index < -0.39 is 0 Å². The van der Waals surface area contributed by atoms with Gasteiger partial charge in [-0.2, -0.15) is 0 Å². The highest BCUT2D eigenvalue weighted by molar-refractivity contribution is 7.99. The number of hydrogen-bond acceptors (Lipinski definition) is 4. The lowest BCUT2D eigenvalue weighted by Gasteiger charge is -2.35. The predicted molar refractivity (Wildman–Crippen MR) is 149 cm³/mol. The van der Waals surface area contributed by atoms with Gasteiger partial charge in [0.2, 0.25) is 0 Å². The minimum Gasteiger partial charge on any atom is -0.467 e. The second-order valence-corrected chi connectivity index (χ2v) is 10.6. The molecule has 0 unspecified atom stereocenters. The van der Waals surface area contributed by atoms with Crippen molar-refractivity contribution in [3.8, 4) is 0 Å². The van der Waals surface area contributed by atoms with E-state index in [2.05, 4.69) is 26.0 Å². The number of carbonyl (C=O) groups excluding carboxylic acids is 1. The molecule has 184 valence electrons. The molecule has 1 aliphatic rings. The molecule has 37 heavy (non-hydrogen) atoms. The third-order valence-corrected chi connectivity index (χ3v) is 8.18. The van der Waals surface area contributed by atoms with E-state index in [1.807, 2.05) is 66.7 Å². The number of carbonyl (C=O) groups is 1. The summed E-state index contributed by atoms with van der Waals surface area (Å²) in [6.07, 6.45) is 1.62. The van der Waals surface area contributed by atoms with Gasteiger partial charge in [-0.15, -0.1) is 0 Å². The molecule has 5 nitrogen and oxygen atoms in total. The van der Waals surface area contributed by atoms with Gasteiger partial charge in [-0.3, -0.25) is 4.90 Å². The lowest BCUT2D eigenvalue weighted by atomic mass is 10.0. The van der Waals surface area contributed by atoms with Gasteiger partial charge in [-0.05, 0) is 67.4 Å². The molecule has 0 saturated heterocycles. The van der Waals surface area contributed by atoms with Gasteiger partial charge in [-0.1, -0.05) is 59.8 Å². The number of anilines is 2. The Hall–Kier alpha value is -3.74. The molecular formula is C30H24ClN3O2S. The number of furan rings is 1. The zero-order valence-corrected chi connectivity index (χ0v) is 22.0. The summed E-state index contributed by atoms with van der Waals surface area (Å²) in [6, 6.07) is 25.7. The molecule has 3 heterocycles. The van der Waals surface area contributed by atoms with Crippen molar-refractivity contribution < 1.29 is 9.21 Å². The maximum absolute atomic E-state index is 14.4. The maximum Gasteiger partial charge on any atom is 0.329 e. The first kappa shape index (κ1) is 23.6. The molecule has 0 atom stereocenters. The Labute approximate surface area is 224 Å². The minimum atomic E-state index is -0.159. The minimum absolute atomic E-state index is 0.159. The number of aryl methyl sites for hydroxylation is 2. The second-order valence-electron chi connectivity index (χ2n) is 9.11. The van der Waals surface area contributed by atoms with Gasteiger partial charge in [-0.25, -0.2) is 9.78 Å². The summed E-state index contributed by atoms with van der Waals surface area (Å²) in [6.45, 7) is 4.69. The van der Waals surface area contributed by atoms with Crippen molar-refractivity contribution in [1.29, 1.82) is 0 Å². The van der Waals surface area contributed by atoms with E-state index in [0.717, 1.165) is 43.2 Å². The Morgan fingerprint density at radius 3 is 2.32 bits per heavy atom. The fourth-order valence-electron chi connectivity index (χ4n) is 4.65. The first-order valence-electron chi connectivity index (χ1n) is 12.0. The summed E-state index contributed by atoms with van der Waals surface area (Å²) < 4.78 is 5.64. The van der Waals surface area contributed by atoms with Gasteiger partial charge >= 0.3 is 6.03 Å². The number of urea groups is 1. The fourth-order valence-corrected chi connectivity index (χ4v) is 5.91. The molecule has 0 radical (unpaired) electrons. The number of amides is 2. The van der Waals surface area contributed by atoms with E-state index in [1.54, 1.807) is 27.8 Å². The van der Waals surface area contributed by atoms with Crippen molar-refractivity contribution in [2.24, 2.45) is 0 Å². The van der Waals surface area contributed by atoms with Crippen LogP contribution in [0.4, 0.5) is 16.2 Å². The molecule has 6 rings (SSSR count). The number of nitrogens with zero attached hydrogens (tertiary/aromatic N) is 3. The van der Waals surface area contributed by atoms with Crippen molar-refractivity contribution >= 4 is 51.7 Å². The SMILES string of the molecule is Cc1ccc2cc(CN(Cc3ccco3)C(=O)N3c4ccccc4Sc4ccccc43)c(Cl)nc2c1C. The van der Waals surface area contributed by atoms with Crippen LogP contribution < -0.4 is 4.90 Å². The Kier molecular flexibility index (Phi) is 6.14. The number of para-hydroxylation sites is 2. The molecule has 7 heteroatoms. The number of benzene rings is 3. The normalized spacial score (nSPS) is 12.4. The summed E-state index contributed by atoms with van der Waals surface area (Å²) in [5, 5.41) is 1.39. The van der Waals surface area contributed by atoms with Gasteiger partial charge < -0.3 is 9.32 Å². The smallest absolute Gasteiger partial charge is 0.329 e. The van der Waals surface area contributed by atoms with Crippen molar-refractivity contribution in [2.45, 2.75) is 36.7 Å². The van der Waals surface area contributed by atoms with E-state index >= 15 is 0 Å². The zero-order valence-electron chi connectivity index (χ0n) is 20.4. The largest absolute Gasteiger partial charge is 0.467 e.